The standard InChI is InChI=1S/C12H21NO3/c1-5-7-9(4)11(14)13-10(12(15)16)8(3)6-2/h7-8,10H,5-6H2,1-4H3,(H,13,14)(H,15,16)/t8?,10-/m0/s1. The van der Waals surface area contributed by atoms with Gasteiger partial charge >= 0.3 is 5.97 Å². The van der Waals surface area contributed by atoms with Crippen LogP contribution in [0.5, 0.6) is 0 Å². The van der Waals surface area contributed by atoms with Crippen molar-refractivity contribution < 1.29 is 14.7 Å². The van der Waals surface area contributed by atoms with Crippen molar-refractivity contribution in [3.05, 3.63) is 11.6 Å². The molecule has 0 aliphatic rings. The second kappa shape index (κ2) is 7.04. The van der Waals surface area contributed by atoms with Crippen LogP contribution >= 0.6 is 0 Å². The molecule has 0 saturated heterocycles. The van der Waals surface area contributed by atoms with Gasteiger partial charge in [0.2, 0.25) is 5.91 Å². The smallest absolute Gasteiger partial charge is 0.326 e. The quantitative estimate of drug-likeness (QED) is 0.682. The van der Waals surface area contributed by atoms with Gasteiger partial charge in [-0.05, 0) is 19.3 Å². The Balaban J connectivity index is 4.59. The van der Waals surface area contributed by atoms with Crippen LogP contribution in [0, 0.1) is 5.92 Å². The molecule has 0 aliphatic carbocycles. The van der Waals surface area contributed by atoms with E-state index < -0.39 is 12.0 Å². The maximum absolute atomic E-state index is 11.6. The molecule has 0 heterocycles. The van der Waals surface area contributed by atoms with E-state index in [1.54, 1.807) is 13.0 Å². The molecule has 0 saturated carbocycles. The molecule has 4 heteroatoms. The van der Waals surface area contributed by atoms with Gasteiger partial charge in [0.05, 0.1) is 0 Å². The molecular formula is C12H21NO3. The molecule has 0 fully saturated rings. The van der Waals surface area contributed by atoms with Crippen molar-refractivity contribution in [2.75, 3.05) is 0 Å². The molecule has 0 spiro atoms. The number of carboxylic acid groups (broad SMARTS) is 1. The van der Waals surface area contributed by atoms with Crippen molar-refractivity contribution >= 4 is 11.9 Å². The molecule has 1 unspecified atom stereocenters. The fourth-order valence-corrected chi connectivity index (χ4v) is 1.34. The first-order valence-electron chi connectivity index (χ1n) is 5.64. The van der Waals surface area contributed by atoms with Crippen molar-refractivity contribution in [3.8, 4) is 0 Å². The number of rotatable bonds is 6. The lowest BCUT2D eigenvalue weighted by atomic mass is 9.99. The zero-order chi connectivity index (χ0) is 12.7. The number of nitrogens with one attached hydrogen (secondary N) is 1. The van der Waals surface area contributed by atoms with Gasteiger partial charge in [0.15, 0.2) is 0 Å². The predicted octanol–water partition coefficient (Wildman–Crippen LogP) is 1.96. The van der Waals surface area contributed by atoms with Gasteiger partial charge in [0, 0.05) is 5.57 Å². The summed E-state index contributed by atoms with van der Waals surface area (Å²) in [5.74, 6) is -1.35. The molecule has 0 bridgehead atoms. The maximum Gasteiger partial charge on any atom is 0.326 e. The lowest BCUT2D eigenvalue weighted by molar-refractivity contribution is -0.142. The highest BCUT2D eigenvalue weighted by atomic mass is 16.4. The van der Waals surface area contributed by atoms with Crippen molar-refractivity contribution in [3.63, 3.8) is 0 Å². The third-order valence-electron chi connectivity index (χ3n) is 2.63. The molecule has 1 amide bonds. The number of allylic oxidation sites excluding steroid dienone is 1. The van der Waals surface area contributed by atoms with Gasteiger partial charge in [0.1, 0.15) is 6.04 Å². The normalized spacial score (nSPS) is 15.4. The average molecular weight is 227 g/mol. The molecule has 0 aromatic heterocycles. The Morgan fingerprint density at radius 3 is 2.31 bits per heavy atom. The van der Waals surface area contributed by atoms with E-state index in [-0.39, 0.29) is 11.8 Å². The molecule has 0 radical (unpaired) electrons. The van der Waals surface area contributed by atoms with E-state index in [1.807, 2.05) is 20.8 Å². The summed E-state index contributed by atoms with van der Waals surface area (Å²) in [6.45, 7) is 7.34. The van der Waals surface area contributed by atoms with Crippen molar-refractivity contribution in [2.45, 2.75) is 46.6 Å². The number of carbonyl (C=O) groups excluding carboxylic acids is 1. The summed E-state index contributed by atoms with van der Waals surface area (Å²) in [7, 11) is 0. The highest BCUT2D eigenvalue weighted by molar-refractivity contribution is 5.95. The lowest BCUT2D eigenvalue weighted by Crippen LogP contribution is -2.45. The second-order valence-electron chi connectivity index (χ2n) is 3.97. The molecule has 2 atom stereocenters. The van der Waals surface area contributed by atoms with Crippen LogP contribution in [0.1, 0.15) is 40.5 Å². The van der Waals surface area contributed by atoms with E-state index in [9.17, 15) is 9.59 Å². The topological polar surface area (TPSA) is 66.4 Å². The molecule has 0 rings (SSSR count). The number of aliphatic carboxylic acids is 1. The molecule has 0 aromatic carbocycles. The highest BCUT2D eigenvalue weighted by Gasteiger charge is 2.25. The SMILES string of the molecule is CCC=C(C)C(=O)N[C@H](C(=O)O)C(C)CC. The van der Waals surface area contributed by atoms with Crippen molar-refractivity contribution in [1.82, 2.24) is 5.32 Å². The minimum atomic E-state index is -0.980. The summed E-state index contributed by atoms with van der Waals surface area (Å²) in [5.41, 5.74) is 0.567. The second-order valence-corrected chi connectivity index (χ2v) is 3.97. The Kier molecular flexibility index (Phi) is 6.46. The Bertz CT molecular complexity index is 284. The fourth-order valence-electron chi connectivity index (χ4n) is 1.34. The van der Waals surface area contributed by atoms with E-state index in [1.165, 1.54) is 0 Å². The minimum absolute atomic E-state index is 0.0733. The molecule has 0 aliphatic heterocycles. The highest BCUT2D eigenvalue weighted by Crippen LogP contribution is 2.09. The van der Waals surface area contributed by atoms with Crippen LogP contribution in [0.25, 0.3) is 0 Å². The van der Waals surface area contributed by atoms with Crippen molar-refractivity contribution in [1.29, 1.82) is 0 Å². The monoisotopic (exact) mass is 227 g/mol. The molecule has 92 valence electrons. The molecule has 0 aromatic rings. The van der Waals surface area contributed by atoms with E-state index >= 15 is 0 Å². The largest absolute Gasteiger partial charge is 0.480 e. The first-order chi connectivity index (χ1) is 7.43. The number of hydrogen-bond donors (Lipinski definition) is 2. The van der Waals surface area contributed by atoms with Gasteiger partial charge in [-0.2, -0.15) is 0 Å². The Hall–Kier alpha value is -1.32. The molecule has 4 nitrogen and oxygen atoms in total. The summed E-state index contributed by atoms with van der Waals surface area (Å²) in [5, 5.41) is 11.5. The van der Waals surface area contributed by atoms with Crippen LogP contribution in [0.4, 0.5) is 0 Å². The van der Waals surface area contributed by atoms with E-state index in [0.717, 1.165) is 6.42 Å². The first kappa shape index (κ1) is 14.7. The summed E-state index contributed by atoms with van der Waals surface area (Å²) in [6, 6.07) is -0.808. The summed E-state index contributed by atoms with van der Waals surface area (Å²) >= 11 is 0. The van der Waals surface area contributed by atoms with Crippen LogP contribution < -0.4 is 5.32 Å². The Labute approximate surface area is 96.7 Å². The predicted molar refractivity (Wildman–Crippen MR) is 63.1 cm³/mol. The number of carbonyl (C=O) groups is 2. The van der Waals surface area contributed by atoms with Crippen LogP contribution in [0.15, 0.2) is 11.6 Å². The first-order valence-corrected chi connectivity index (χ1v) is 5.64. The van der Waals surface area contributed by atoms with Crippen molar-refractivity contribution in [2.24, 2.45) is 5.92 Å². The third-order valence-corrected chi connectivity index (χ3v) is 2.63. The Morgan fingerprint density at radius 2 is 1.94 bits per heavy atom. The Morgan fingerprint density at radius 1 is 1.38 bits per heavy atom. The van der Waals surface area contributed by atoms with Gasteiger partial charge in [-0.15, -0.1) is 0 Å². The maximum atomic E-state index is 11.6. The van der Waals surface area contributed by atoms with Gasteiger partial charge in [-0.3, -0.25) is 4.79 Å². The third kappa shape index (κ3) is 4.47. The zero-order valence-electron chi connectivity index (χ0n) is 10.4. The average Bonchev–Trinajstić information content (AvgIpc) is 2.24. The van der Waals surface area contributed by atoms with Crippen LogP contribution in [-0.2, 0) is 9.59 Å². The van der Waals surface area contributed by atoms with Gasteiger partial charge < -0.3 is 10.4 Å². The van der Waals surface area contributed by atoms with Crippen LogP contribution in [0.2, 0.25) is 0 Å². The molecule has 2 N–H and O–H groups in total. The van der Waals surface area contributed by atoms with Gasteiger partial charge in [-0.25, -0.2) is 4.79 Å². The van der Waals surface area contributed by atoms with E-state index in [4.69, 9.17) is 5.11 Å². The van der Waals surface area contributed by atoms with Gasteiger partial charge in [0.25, 0.3) is 0 Å². The number of amides is 1. The fraction of sp³-hybridized carbons (Fsp3) is 0.667. The lowest BCUT2D eigenvalue weighted by Gasteiger charge is -2.20. The van der Waals surface area contributed by atoms with E-state index in [2.05, 4.69) is 5.32 Å². The van der Waals surface area contributed by atoms with Gasteiger partial charge in [-0.1, -0.05) is 33.3 Å². The summed E-state index contributed by atoms with van der Waals surface area (Å²) in [6.07, 6.45) is 3.26. The minimum Gasteiger partial charge on any atom is -0.480 e. The number of hydrogen-bond acceptors (Lipinski definition) is 2. The molecule has 16 heavy (non-hydrogen) atoms. The van der Waals surface area contributed by atoms with Crippen LogP contribution in [-0.4, -0.2) is 23.0 Å². The number of carboxylic acids is 1. The van der Waals surface area contributed by atoms with E-state index in [0.29, 0.717) is 12.0 Å². The summed E-state index contributed by atoms with van der Waals surface area (Å²) < 4.78 is 0. The summed E-state index contributed by atoms with van der Waals surface area (Å²) in [4.78, 5) is 22.6. The molecular weight excluding hydrogens is 206 g/mol. The van der Waals surface area contributed by atoms with Crippen LogP contribution in [0.3, 0.4) is 0 Å². The zero-order valence-corrected chi connectivity index (χ0v) is 10.4.